The van der Waals surface area contributed by atoms with Crippen molar-refractivity contribution in [2.24, 2.45) is 0 Å². The quantitative estimate of drug-likeness (QED) is 0.825. The van der Waals surface area contributed by atoms with E-state index in [9.17, 15) is 8.78 Å². The Morgan fingerprint density at radius 3 is 2.20 bits per heavy atom. The van der Waals surface area contributed by atoms with Gasteiger partial charge in [-0.25, -0.2) is 8.78 Å². The van der Waals surface area contributed by atoms with Gasteiger partial charge < -0.3 is 10.2 Å². The van der Waals surface area contributed by atoms with Crippen molar-refractivity contribution in [1.82, 2.24) is 5.32 Å². The zero-order valence-corrected chi connectivity index (χ0v) is 12.2. The normalized spacial score (nSPS) is 16.2. The molecule has 1 heterocycles. The van der Waals surface area contributed by atoms with E-state index < -0.39 is 11.6 Å². The molecule has 4 heteroatoms. The van der Waals surface area contributed by atoms with Gasteiger partial charge in [0.15, 0.2) is 0 Å². The second-order valence-electron chi connectivity index (χ2n) is 5.49. The lowest BCUT2D eigenvalue weighted by Gasteiger charge is -2.24. The van der Waals surface area contributed by atoms with E-state index >= 15 is 0 Å². The summed E-state index contributed by atoms with van der Waals surface area (Å²) in [6, 6.07) is 2.93. The lowest BCUT2D eigenvalue weighted by Crippen LogP contribution is -2.26. The highest BCUT2D eigenvalue weighted by molar-refractivity contribution is 5.50. The number of rotatable bonds is 5. The molecule has 0 radical (unpaired) electrons. The van der Waals surface area contributed by atoms with Crippen LogP contribution in [0.15, 0.2) is 12.1 Å². The molecule has 1 aliphatic rings. The molecule has 0 amide bonds. The third-order valence-corrected chi connectivity index (χ3v) is 3.75. The number of halogens is 2. The first kappa shape index (κ1) is 15.2. The number of anilines is 1. The van der Waals surface area contributed by atoms with Crippen molar-refractivity contribution < 1.29 is 8.78 Å². The van der Waals surface area contributed by atoms with Gasteiger partial charge in [0.1, 0.15) is 17.3 Å². The molecule has 1 saturated heterocycles. The van der Waals surface area contributed by atoms with Crippen LogP contribution >= 0.6 is 0 Å². The van der Waals surface area contributed by atoms with Crippen molar-refractivity contribution >= 4 is 5.69 Å². The first-order valence-corrected chi connectivity index (χ1v) is 7.66. The summed E-state index contributed by atoms with van der Waals surface area (Å²) >= 11 is 0. The third kappa shape index (κ3) is 3.92. The van der Waals surface area contributed by atoms with Gasteiger partial charge in [-0.05, 0) is 43.5 Å². The van der Waals surface area contributed by atoms with E-state index in [-0.39, 0.29) is 5.69 Å². The average Bonchev–Trinajstić information content (AvgIpc) is 2.67. The molecule has 1 aromatic rings. The molecule has 2 nitrogen and oxygen atoms in total. The fourth-order valence-electron chi connectivity index (χ4n) is 2.73. The molecule has 0 aliphatic carbocycles. The second kappa shape index (κ2) is 7.58. The minimum atomic E-state index is -0.430. The summed E-state index contributed by atoms with van der Waals surface area (Å²) in [6.45, 7) is 4.94. The Kier molecular flexibility index (Phi) is 5.77. The molecular weight excluding hydrogens is 258 g/mol. The van der Waals surface area contributed by atoms with Gasteiger partial charge in [0, 0.05) is 19.6 Å². The summed E-state index contributed by atoms with van der Waals surface area (Å²) in [4.78, 5) is 1.86. The van der Waals surface area contributed by atoms with Crippen LogP contribution in [-0.4, -0.2) is 19.6 Å². The van der Waals surface area contributed by atoms with Gasteiger partial charge in [0.05, 0.1) is 0 Å². The van der Waals surface area contributed by atoms with Crippen molar-refractivity contribution in [3.63, 3.8) is 0 Å². The molecule has 0 spiro atoms. The molecule has 0 unspecified atom stereocenters. The maximum atomic E-state index is 14.2. The standard InChI is InChI=1S/C16H24F2N2/c1-2-7-19-12-13-10-14(17)16(15(18)11-13)20-8-5-3-4-6-9-20/h10-11,19H,2-9,12H2,1H3. The lowest BCUT2D eigenvalue weighted by molar-refractivity contribution is 0.563. The van der Waals surface area contributed by atoms with Gasteiger partial charge in [-0.1, -0.05) is 19.8 Å². The Labute approximate surface area is 120 Å². The monoisotopic (exact) mass is 282 g/mol. The van der Waals surface area contributed by atoms with Gasteiger partial charge in [-0.2, -0.15) is 0 Å². The van der Waals surface area contributed by atoms with Crippen molar-refractivity contribution in [1.29, 1.82) is 0 Å². The second-order valence-corrected chi connectivity index (χ2v) is 5.49. The number of hydrogen-bond donors (Lipinski definition) is 1. The van der Waals surface area contributed by atoms with E-state index in [4.69, 9.17) is 0 Å². The van der Waals surface area contributed by atoms with Crippen LogP contribution in [0.4, 0.5) is 14.5 Å². The van der Waals surface area contributed by atoms with Gasteiger partial charge in [-0.3, -0.25) is 0 Å². The van der Waals surface area contributed by atoms with Crippen molar-refractivity contribution in [3.8, 4) is 0 Å². The number of hydrogen-bond acceptors (Lipinski definition) is 2. The molecule has 112 valence electrons. The van der Waals surface area contributed by atoms with Gasteiger partial charge in [0.25, 0.3) is 0 Å². The smallest absolute Gasteiger partial charge is 0.149 e. The van der Waals surface area contributed by atoms with Crippen molar-refractivity contribution in [3.05, 3.63) is 29.3 Å². The summed E-state index contributed by atoms with van der Waals surface area (Å²) in [6.07, 6.45) is 5.34. The number of nitrogens with one attached hydrogen (secondary N) is 1. The highest BCUT2D eigenvalue weighted by Crippen LogP contribution is 2.27. The molecule has 0 bridgehead atoms. The minimum Gasteiger partial charge on any atom is -0.367 e. The molecule has 1 aliphatic heterocycles. The SMILES string of the molecule is CCCNCc1cc(F)c(N2CCCCCC2)c(F)c1. The van der Waals surface area contributed by atoms with Gasteiger partial charge >= 0.3 is 0 Å². The minimum absolute atomic E-state index is 0.158. The van der Waals surface area contributed by atoms with E-state index in [1.807, 2.05) is 4.90 Å². The Hall–Kier alpha value is -1.16. The molecule has 0 saturated carbocycles. The maximum Gasteiger partial charge on any atom is 0.149 e. The Morgan fingerprint density at radius 2 is 1.65 bits per heavy atom. The van der Waals surface area contributed by atoms with Crippen molar-refractivity contribution in [2.75, 3.05) is 24.5 Å². The van der Waals surface area contributed by atoms with Crippen LogP contribution in [0, 0.1) is 11.6 Å². The average molecular weight is 282 g/mol. The Balaban J connectivity index is 2.12. The predicted octanol–water partition coefficient (Wildman–Crippen LogP) is 3.84. The van der Waals surface area contributed by atoms with E-state index in [1.54, 1.807) is 0 Å². The molecule has 1 fully saturated rings. The Morgan fingerprint density at radius 1 is 1.05 bits per heavy atom. The number of benzene rings is 1. The molecule has 1 aromatic carbocycles. The summed E-state index contributed by atoms with van der Waals surface area (Å²) in [5.41, 5.74) is 0.832. The first-order valence-electron chi connectivity index (χ1n) is 7.66. The van der Waals surface area contributed by atoms with Crippen LogP contribution < -0.4 is 10.2 Å². The van der Waals surface area contributed by atoms with Gasteiger partial charge in [0.2, 0.25) is 0 Å². The highest BCUT2D eigenvalue weighted by Gasteiger charge is 2.19. The summed E-state index contributed by atoms with van der Waals surface area (Å²) in [7, 11) is 0. The van der Waals surface area contributed by atoms with E-state index in [2.05, 4.69) is 12.2 Å². The number of nitrogens with zero attached hydrogens (tertiary/aromatic N) is 1. The largest absolute Gasteiger partial charge is 0.367 e. The molecule has 1 N–H and O–H groups in total. The fraction of sp³-hybridized carbons (Fsp3) is 0.625. The van der Waals surface area contributed by atoms with Crippen LogP contribution in [-0.2, 0) is 6.54 Å². The molecule has 20 heavy (non-hydrogen) atoms. The van der Waals surface area contributed by atoms with Crippen LogP contribution in [0.1, 0.15) is 44.6 Å². The predicted molar refractivity (Wildman–Crippen MR) is 79.0 cm³/mol. The topological polar surface area (TPSA) is 15.3 Å². The van der Waals surface area contributed by atoms with E-state index in [0.29, 0.717) is 12.1 Å². The molecule has 2 rings (SSSR count). The maximum absolute atomic E-state index is 14.2. The lowest BCUT2D eigenvalue weighted by atomic mass is 10.1. The molecular formula is C16H24F2N2. The third-order valence-electron chi connectivity index (χ3n) is 3.75. The van der Waals surface area contributed by atoms with Crippen molar-refractivity contribution in [2.45, 2.75) is 45.6 Å². The van der Waals surface area contributed by atoms with Gasteiger partial charge in [-0.15, -0.1) is 0 Å². The summed E-state index contributed by atoms with van der Waals surface area (Å²) < 4.78 is 28.5. The molecule has 0 aromatic heterocycles. The van der Waals surface area contributed by atoms with E-state index in [0.717, 1.165) is 51.7 Å². The highest BCUT2D eigenvalue weighted by atomic mass is 19.1. The fourth-order valence-corrected chi connectivity index (χ4v) is 2.73. The van der Waals surface area contributed by atoms with Crippen LogP contribution in [0.25, 0.3) is 0 Å². The van der Waals surface area contributed by atoms with Crippen LogP contribution in [0.2, 0.25) is 0 Å². The zero-order valence-electron chi connectivity index (χ0n) is 12.2. The summed E-state index contributed by atoms with van der Waals surface area (Å²) in [5.74, 6) is -0.861. The van der Waals surface area contributed by atoms with Crippen LogP contribution in [0.5, 0.6) is 0 Å². The zero-order chi connectivity index (χ0) is 14.4. The molecule has 0 atom stereocenters. The van der Waals surface area contributed by atoms with E-state index in [1.165, 1.54) is 12.1 Å². The van der Waals surface area contributed by atoms with Crippen LogP contribution in [0.3, 0.4) is 0 Å². The Bertz CT molecular complexity index is 403. The summed E-state index contributed by atoms with van der Waals surface area (Å²) in [5, 5.41) is 3.17. The first-order chi connectivity index (χ1) is 9.72.